The van der Waals surface area contributed by atoms with E-state index in [0.29, 0.717) is 46.2 Å². The smallest absolute Gasteiger partial charge is 0.328 e. The standard InChI is InChI=1S/2C21H26ClNO.C4H4O4.H2/c2*1-21(17-7-4-3-5-8-17,18-10-12-19(22)13-11-18)24-16-14-20-9-6-15-23(20)2;5-3(6)1-2-4(7)8;/h2*3-5,7-8,10-13,20H,6,9,14-16H2,1-2H3;1-2H,(H,5,6)(H,7,8);1H/b;;2-1+;/t2*20-,21-;;/m11../s1/i2*14D2,16D2;;. The van der Waals surface area contributed by atoms with E-state index in [1.807, 2.05) is 84.6 Å². The van der Waals surface area contributed by atoms with E-state index in [4.69, 9.17) is 53.9 Å². The Bertz CT molecular complexity index is 2020. The number of hydrogen-bond donors (Lipinski definition) is 2. The minimum absolute atomic E-state index is 0. The van der Waals surface area contributed by atoms with Gasteiger partial charge in [0, 0.05) is 54.3 Å². The molecule has 4 atom stereocenters. The van der Waals surface area contributed by atoms with Gasteiger partial charge in [-0.3, -0.25) is 0 Å². The van der Waals surface area contributed by atoms with Gasteiger partial charge in [0.25, 0.3) is 0 Å². The van der Waals surface area contributed by atoms with Gasteiger partial charge in [-0.15, -0.1) is 0 Å². The molecule has 0 aliphatic carbocycles. The number of halogens is 2. The highest BCUT2D eigenvalue weighted by Crippen LogP contribution is 2.36. The van der Waals surface area contributed by atoms with Gasteiger partial charge in [-0.05, 0) is 126 Å². The van der Waals surface area contributed by atoms with Crippen LogP contribution in [0.2, 0.25) is 10.0 Å². The van der Waals surface area contributed by atoms with Crippen molar-refractivity contribution in [1.29, 1.82) is 0 Å². The summed E-state index contributed by atoms with van der Waals surface area (Å²) in [5, 5.41) is 16.8. The first kappa shape index (κ1) is 34.1. The Morgan fingerprint density at radius 3 is 1.27 bits per heavy atom. The predicted molar refractivity (Wildman–Crippen MR) is 228 cm³/mol. The second-order valence-electron chi connectivity index (χ2n) is 13.8. The predicted octanol–water partition coefficient (Wildman–Crippen LogP) is 10.2. The van der Waals surface area contributed by atoms with Gasteiger partial charge in [-0.1, -0.05) is 108 Å². The van der Waals surface area contributed by atoms with Crippen molar-refractivity contribution in [2.24, 2.45) is 0 Å². The van der Waals surface area contributed by atoms with Crippen molar-refractivity contribution in [2.75, 3.05) is 40.3 Å². The molecule has 2 heterocycles. The maximum absolute atomic E-state index is 9.55. The van der Waals surface area contributed by atoms with Gasteiger partial charge in [0.1, 0.15) is 11.2 Å². The number of benzene rings is 4. The van der Waals surface area contributed by atoms with Gasteiger partial charge in [0.15, 0.2) is 0 Å². The van der Waals surface area contributed by atoms with Gasteiger partial charge in [0.2, 0.25) is 0 Å². The van der Waals surface area contributed by atoms with Crippen molar-refractivity contribution in [3.8, 4) is 0 Å². The van der Waals surface area contributed by atoms with E-state index in [1.54, 1.807) is 62.4 Å². The molecular weight excluding hydrogens is 747 g/mol. The fraction of sp³-hybridized carbons (Fsp3) is 0.391. The number of ether oxygens (including phenoxy) is 2. The topological polar surface area (TPSA) is 99.5 Å². The average Bonchev–Trinajstić information content (AvgIpc) is 3.89. The van der Waals surface area contributed by atoms with E-state index in [1.165, 1.54) is 0 Å². The molecule has 0 saturated carbocycles. The van der Waals surface area contributed by atoms with Crippen molar-refractivity contribution >= 4 is 35.1 Å². The largest absolute Gasteiger partial charge is 0.478 e. The van der Waals surface area contributed by atoms with Crippen molar-refractivity contribution in [2.45, 2.75) is 75.6 Å². The molecule has 0 spiro atoms. The molecule has 2 aliphatic rings. The molecule has 8 nitrogen and oxygen atoms in total. The summed E-state index contributed by atoms with van der Waals surface area (Å²) in [5.74, 6) is -2.51. The molecule has 0 unspecified atom stereocenters. The van der Waals surface area contributed by atoms with E-state index in [2.05, 4.69) is 0 Å². The summed E-state index contributed by atoms with van der Waals surface area (Å²) in [6, 6.07) is 31.7. The van der Waals surface area contributed by atoms with Crippen LogP contribution in [0.4, 0.5) is 0 Å². The molecule has 10 heteroatoms. The highest BCUT2D eigenvalue weighted by molar-refractivity contribution is 6.30. The van der Waals surface area contributed by atoms with Crippen LogP contribution in [0, 0.1) is 0 Å². The van der Waals surface area contributed by atoms with Crippen LogP contribution in [-0.4, -0.2) is 84.3 Å². The lowest BCUT2D eigenvalue weighted by molar-refractivity contribution is -0.134. The second-order valence-corrected chi connectivity index (χ2v) is 14.7. The van der Waals surface area contributed by atoms with Crippen LogP contribution in [0.1, 0.15) is 86.9 Å². The first-order chi connectivity index (χ1) is 29.8. The highest BCUT2D eigenvalue weighted by Gasteiger charge is 2.32. The van der Waals surface area contributed by atoms with Gasteiger partial charge < -0.3 is 29.5 Å². The number of rotatable bonds is 14. The number of hydrogen-bond acceptors (Lipinski definition) is 6. The number of carboxylic acids is 2. The van der Waals surface area contributed by atoms with Crippen molar-refractivity contribution in [3.05, 3.63) is 154 Å². The summed E-state index contributed by atoms with van der Waals surface area (Å²) >= 11 is 12.1. The summed E-state index contributed by atoms with van der Waals surface area (Å²) in [7, 11) is 3.67. The van der Waals surface area contributed by atoms with Crippen molar-refractivity contribution in [3.63, 3.8) is 0 Å². The molecule has 2 saturated heterocycles. The van der Waals surface area contributed by atoms with Crippen LogP contribution >= 0.6 is 23.2 Å². The maximum atomic E-state index is 9.55. The Balaban J connectivity index is 0.000000292. The fourth-order valence-electron chi connectivity index (χ4n) is 6.34. The molecule has 6 rings (SSSR count). The molecule has 2 fully saturated rings. The SMILES string of the molecule is O=C(O)/C=C/C(=O)O.[2H]C([2H])(O[C@](C)(c1ccccc1)c1ccc(Cl)cc1)C([2H])([2H])[C@H]1CCCN1C.[2H]C([2H])(O[C@](C)(c1ccccc1)c1ccc(Cl)cc1)C([2H])([2H])[C@H]1CCCN1C.[HH]. The Morgan fingerprint density at radius 1 is 0.661 bits per heavy atom. The Morgan fingerprint density at radius 2 is 0.982 bits per heavy atom. The lowest BCUT2D eigenvalue weighted by Gasteiger charge is -2.32. The second kappa shape index (κ2) is 22.1. The summed E-state index contributed by atoms with van der Waals surface area (Å²) < 4.78 is 80.9. The van der Waals surface area contributed by atoms with E-state index in [-0.39, 0.29) is 1.43 Å². The first-order valence-electron chi connectivity index (χ1n) is 22.4. The maximum Gasteiger partial charge on any atom is 0.328 e. The molecule has 302 valence electrons. The number of aliphatic carboxylic acids is 2. The van der Waals surface area contributed by atoms with E-state index in [0.717, 1.165) is 37.1 Å². The third-order valence-corrected chi connectivity index (χ3v) is 10.3. The number of nitrogens with zero attached hydrogens (tertiary/aromatic N) is 2. The molecule has 56 heavy (non-hydrogen) atoms. The summed E-state index contributed by atoms with van der Waals surface area (Å²) in [5.41, 5.74) is 0.554. The molecule has 4 aromatic carbocycles. The fourth-order valence-corrected chi connectivity index (χ4v) is 6.60. The molecule has 2 N–H and O–H groups in total. The van der Waals surface area contributed by atoms with E-state index >= 15 is 0 Å². The minimum Gasteiger partial charge on any atom is -0.478 e. The van der Waals surface area contributed by atoms with Crippen molar-refractivity contribution < 1.29 is 41.7 Å². The number of carbonyl (C=O) groups is 2. The molecule has 0 bridgehead atoms. The monoisotopic (exact) mass is 812 g/mol. The van der Waals surface area contributed by atoms with Gasteiger partial charge in [0.05, 0.1) is 5.48 Å². The van der Waals surface area contributed by atoms with Crippen LogP contribution in [0.25, 0.3) is 0 Å². The Kier molecular flexibility index (Phi) is 13.4. The third kappa shape index (κ3) is 13.3. The first-order valence-corrected chi connectivity index (χ1v) is 19.1. The normalized spacial score (nSPS) is 22.4. The van der Waals surface area contributed by atoms with Crippen LogP contribution < -0.4 is 0 Å². The van der Waals surface area contributed by atoms with Gasteiger partial charge >= 0.3 is 11.9 Å². The zero-order chi connectivity index (χ0) is 47.7. The lowest BCUT2D eigenvalue weighted by Crippen LogP contribution is -2.31. The average molecular weight is 814 g/mol. The summed E-state index contributed by atoms with van der Waals surface area (Å²) in [4.78, 5) is 22.9. The van der Waals surface area contributed by atoms with Gasteiger partial charge in [-0.2, -0.15) is 0 Å². The number of likely N-dealkylation sites (tertiary alicyclic amines) is 2. The van der Waals surface area contributed by atoms with Crippen LogP contribution in [0.15, 0.2) is 121 Å². The molecule has 2 aliphatic heterocycles. The summed E-state index contributed by atoms with van der Waals surface area (Å²) in [6.45, 7) is 0.0392. The molecule has 4 aromatic rings. The highest BCUT2D eigenvalue weighted by atomic mass is 35.5. The zero-order valence-electron chi connectivity index (χ0n) is 40.1. The Hall–Kier alpha value is -4.02. The van der Waals surface area contributed by atoms with Crippen molar-refractivity contribution in [1.82, 2.24) is 9.80 Å². The van der Waals surface area contributed by atoms with Crippen LogP contribution in [0.5, 0.6) is 0 Å². The Labute approximate surface area is 355 Å². The summed E-state index contributed by atoms with van der Waals surface area (Å²) in [6.07, 6.45) is -0.329. The number of carboxylic acid groups (broad SMARTS) is 2. The van der Waals surface area contributed by atoms with Crippen LogP contribution in [0.3, 0.4) is 0 Å². The van der Waals surface area contributed by atoms with E-state index < -0.39 is 61.1 Å². The van der Waals surface area contributed by atoms with E-state index in [9.17, 15) is 9.59 Å². The molecule has 0 radical (unpaired) electrons. The zero-order valence-corrected chi connectivity index (χ0v) is 33.6. The quantitative estimate of drug-likeness (QED) is 0.122. The minimum atomic E-state index is -2.51. The lowest BCUT2D eigenvalue weighted by atomic mass is 9.88. The molecule has 0 amide bonds. The third-order valence-electron chi connectivity index (χ3n) is 9.81. The molecular formula is C46H58Cl2N2O6. The van der Waals surface area contributed by atoms with Crippen LogP contribution in [-0.2, 0) is 30.3 Å². The molecule has 0 aromatic heterocycles. The van der Waals surface area contributed by atoms with Gasteiger partial charge in [-0.25, -0.2) is 9.59 Å².